The van der Waals surface area contributed by atoms with E-state index in [2.05, 4.69) is 15.0 Å². The molecule has 0 saturated carbocycles. The lowest BCUT2D eigenvalue weighted by atomic mass is 10.2. The summed E-state index contributed by atoms with van der Waals surface area (Å²) in [5.41, 5.74) is 2.06. The molecular weight excluding hydrogens is 226 g/mol. The summed E-state index contributed by atoms with van der Waals surface area (Å²) in [6, 6.07) is 11.7. The highest BCUT2D eigenvalue weighted by molar-refractivity contribution is 5.80. The van der Waals surface area contributed by atoms with E-state index in [0.717, 1.165) is 17.2 Å². The highest BCUT2D eigenvalue weighted by atomic mass is 16.1. The number of pyridine rings is 1. The summed E-state index contributed by atoms with van der Waals surface area (Å²) in [6.07, 6.45) is 3.70. The molecule has 0 radical (unpaired) electrons. The van der Waals surface area contributed by atoms with E-state index in [1.54, 1.807) is 0 Å². The largest absolute Gasteiger partial charge is 0.298 e. The molecule has 3 aromatic rings. The van der Waals surface area contributed by atoms with Gasteiger partial charge in [0.25, 0.3) is 0 Å². The van der Waals surface area contributed by atoms with Crippen LogP contribution in [0.4, 0.5) is 0 Å². The van der Waals surface area contributed by atoms with Gasteiger partial charge in [-0.25, -0.2) is 15.0 Å². The van der Waals surface area contributed by atoms with Crippen molar-refractivity contribution in [1.29, 1.82) is 0 Å². The SMILES string of the molecule is O=Cc1cnc(-c2ccc3ccccc3n2)nc1. The van der Waals surface area contributed by atoms with Crippen LogP contribution >= 0.6 is 0 Å². The van der Waals surface area contributed by atoms with E-state index in [4.69, 9.17) is 0 Å². The van der Waals surface area contributed by atoms with Gasteiger partial charge >= 0.3 is 0 Å². The van der Waals surface area contributed by atoms with Crippen LogP contribution in [0, 0.1) is 0 Å². The Balaban J connectivity index is 2.10. The standard InChI is InChI=1S/C14H9N3O/c18-9-10-7-15-14(16-8-10)13-6-5-11-3-1-2-4-12(11)17-13/h1-9H. The first-order valence-corrected chi connectivity index (χ1v) is 5.50. The number of hydrogen-bond donors (Lipinski definition) is 0. The highest BCUT2D eigenvalue weighted by Crippen LogP contribution is 2.17. The van der Waals surface area contributed by atoms with E-state index in [-0.39, 0.29) is 0 Å². The fourth-order valence-corrected chi connectivity index (χ4v) is 1.72. The maximum absolute atomic E-state index is 10.5. The maximum Gasteiger partial charge on any atom is 0.178 e. The van der Waals surface area contributed by atoms with Crippen molar-refractivity contribution in [3.8, 4) is 11.5 Å². The summed E-state index contributed by atoms with van der Waals surface area (Å²) >= 11 is 0. The van der Waals surface area contributed by atoms with Gasteiger partial charge in [-0.1, -0.05) is 24.3 Å². The van der Waals surface area contributed by atoms with Crippen LogP contribution < -0.4 is 0 Å². The summed E-state index contributed by atoms with van der Waals surface area (Å²) in [5, 5.41) is 1.07. The number of fused-ring (bicyclic) bond motifs is 1. The van der Waals surface area contributed by atoms with E-state index in [1.807, 2.05) is 36.4 Å². The van der Waals surface area contributed by atoms with Gasteiger partial charge in [0.2, 0.25) is 0 Å². The van der Waals surface area contributed by atoms with Gasteiger partial charge in [-0.15, -0.1) is 0 Å². The number of carbonyl (C=O) groups is 1. The first kappa shape index (κ1) is 10.5. The highest BCUT2D eigenvalue weighted by Gasteiger charge is 2.04. The van der Waals surface area contributed by atoms with Crippen molar-refractivity contribution < 1.29 is 4.79 Å². The molecule has 18 heavy (non-hydrogen) atoms. The molecule has 0 saturated heterocycles. The van der Waals surface area contributed by atoms with Gasteiger partial charge in [-0.3, -0.25) is 4.79 Å². The molecule has 0 aliphatic rings. The van der Waals surface area contributed by atoms with Gasteiger partial charge in [-0.2, -0.15) is 0 Å². The van der Waals surface area contributed by atoms with E-state index < -0.39 is 0 Å². The van der Waals surface area contributed by atoms with Gasteiger partial charge in [0.05, 0.1) is 11.1 Å². The number of carbonyl (C=O) groups excluding carboxylic acids is 1. The Hall–Kier alpha value is -2.62. The number of rotatable bonds is 2. The Labute approximate surface area is 103 Å². The number of benzene rings is 1. The number of aromatic nitrogens is 3. The van der Waals surface area contributed by atoms with Gasteiger partial charge in [-0.05, 0) is 12.1 Å². The van der Waals surface area contributed by atoms with Crippen LogP contribution in [0.15, 0.2) is 48.8 Å². The maximum atomic E-state index is 10.5. The van der Waals surface area contributed by atoms with Crippen molar-refractivity contribution in [3.05, 3.63) is 54.4 Å². The van der Waals surface area contributed by atoms with E-state index in [0.29, 0.717) is 17.1 Å². The molecule has 1 aromatic carbocycles. The number of hydrogen-bond acceptors (Lipinski definition) is 4. The molecule has 4 heteroatoms. The lowest BCUT2D eigenvalue weighted by Gasteiger charge is -2.01. The molecule has 0 spiro atoms. The third kappa shape index (κ3) is 1.84. The quantitative estimate of drug-likeness (QED) is 0.640. The predicted octanol–water partition coefficient (Wildman–Crippen LogP) is 2.50. The summed E-state index contributed by atoms with van der Waals surface area (Å²) in [7, 11) is 0. The van der Waals surface area contributed by atoms with Crippen LogP contribution in [0.25, 0.3) is 22.4 Å². The van der Waals surface area contributed by atoms with Crippen LogP contribution in [0.2, 0.25) is 0 Å². The summed E-state index contributed by atoms with van der Waals surface area (Å²) in [4.78, 5) is 23.3. The van der Waals surface area contributed by atoms with E-state index in [1.165, 1.54) is 12.4 Å². The Kier molecular flexibility index (Phi) is 2.53. The number of para-hydroxylation sites is 1. The summed E-state index contributed by atoms with van der Waals surface area (Å²) in [5.74, 6) is 0.520. The molecule has 3 rings (SSSR count). The lowest BCUT2D eigenvalue weighted by Crippen LogP contribution is -1.93. The summed E-state index contributed by atoms with van der Waals surface area (Å²) in [6.45, 7) is 0. The van der Waals surface area contributed by atoms with Crippen LogP contribution in [0.3, 0.4) is 0 Å². The van der Waals surface area contributed by atoms with Gasteiger partial charge < -0.3 is 0 Å². The fraction of sp³-hybridized carbons (Fsp3) is 0. The molecule has 0 aliphatic carbocycles. The van der Waals surface area contributed by atoms with Crippen LogP contribution in [-0.4, -0.2) is 21.2 Å². The molecule has 0 fully saturated rings. The van der Waals surface area contributed by atoms with Crippen LogP contribution in [0.5, 0.6) is 0 Å². The molecular formula is C14H9N3O. The third-order valence-electron chi connectivity index (χ3n) is 2.64. The normalized spacial score (nSPS) is 10.4. The van der Waals surface area contributed by atoms with Crippen LogP contribution in [0.1, 0.15) is 10.4 Å². The zero-order chi connectivity index (χ0) is 12.4. The van der Waals surface area contributed by atoms with Crippen molar-refractivity contribution in [3.63, 3.8) is 0 Å². The fourth-order valence-electron chi connectivity index (χ4n) is 1.72. The second kappa shape index (κ2) is 4.33. The Morgan fingerprint density at radius 1 is 0.944 bits per heavy atom. The van der Waals surface area contributed by atoms with Crippen LogP contribution in [-0.2, 0) is 0 Å². The molecule has 86 valence electrons. The van der Waals surface area contributed by atoms with Crippen molar-refractivity contribution in [2.45, 2.75) is 0 Å². The monoisotopic (exact) mass is 235 g/mol. The van der Waals surface area contributed by atoms with E-state index in [9.17, 15) is 4.79 Å². The first-order valence-electron chi connectivity index (χ1n) is 5.50. The Morgan fingerprint density at radius 2 is 1.72 bits per heavy atom. The topological polar surface area (TPSA) is 55.7 Å². The molecule has 0 aliphatic heterocycles. The summed E-state index contributed by atoms with van der Waals surface area (Å²) < 4.78 is 0. The van der Waals surface area contributed by atoms with Crippen molar-refractivity contribution in [2.24, 2.45) is 0 Å². The second-order valence-electron chi connectivity index (χ2n) is 3.85. The second-order valence-corrected chi connectivity index (χ2v) is 3.85. The zero-order valence-corrected chi connectivity index (χ0v) is 9.45. The van der Waals surface area contributed by atoms with Crippen molar-refractivity contribution in [1.82, 2.24) is 15.0 Å². The van der Waals surface area contributed by atoms with Gasteiger partial charge in [0, 0.05) is 17.8 Å². The average molecular weight is 235 g/mol. The van der Waals surface area contributed by atoms with Gasteiger partial charge in [0.1, 0.15) is 5.69 Å². The molecule has 0 unspecified atom stereocenters. The molecule has 2 heterocycles. The van der Waals surface area contributed by atoms with Crippen molar-refractivity contribution >= 4 is 17.2 Å². The van der Waals surface area contributed by atoms with Gasteiger partial charge in [0.15, 0.2) is 12.1 Å². The molecule has 2 aromatic heterocycles. The third-order valence-corrected chi connectivity index (χ3v) is 2.64. The van der Waals surface area contributed by atoms with E-state index >= 15 is 0 Å². The molecule has 0 bridgehead atoms. The molecule has 0 N–H and O–H groups in total. The number of nitrogens with zero attached hydrogens (tertiary/aromatic N) is 3. The van der Waals surface area contributed by atoms with Crippen molar-refractivity contribution in [2.75, 3.05) is 0 Å². The molecule has 0 amide bonds. The Morgan fingerprint density at radius 3 is 2.50 bits per heavy atom. The minimum absolute atomic E-state index is 0.458. The average Bonchev–Trinajstić information content (AvgIpc) is 2.47. The first-order chi connectivity index (χ1) is 8.86. The molecule has 4 nitrogen and oxygen atoms in total. The predicted molar refractivity (Wildman–Crippen MR) is 68.2 cm³/mol. The molecule has 0 atom stereocenters. The smallest absolute Gasteiger partial charge is 0.178 e. The Bertz CT molecular complexity index is 708. The lowest BCUT2D eigenvalue weighted by molar-refractivity contribution is 0.112. The minimum atomic E-state index is 0.458. The zero-order valence-electron chi connectivity index (χ0n) is 9.45. The minimum Gasteiger partial charge on any atom is -0.298 e. The number of aldehydes is 1.